The van der Waals surface area contributed by atoms with Gasteiger partial charge in [0.15, 0.2) is 0 Å². The van der Waals surface area contributed by atoms with E-state index in [-0.39, 0.29) is 47.9 Å². The minimum absolute atomic E-state index is 0.0146. The molecular formula is C28H48N4O8. The lowest BCUT2D eigenvalue weighted by Crippen LogP contribution is -2.55. The van der Waals surface area contributed by atoms with E-state index < -0.39 is 35.5 Å². The van der Waals surface area contributed by atoms with Gasteiger partial charge in [0.2, 0.25) is 0 Å². The number of carbonyl (C=O) groups is 4. The molecule has 4 aliphatic rings. The largest absolute Gasteiger partial charge is 0.464 e. The molecule has 12 nitrogen and oxygen atoms in total. The number of esters is 2. The Morgan fingerprint density at radius 1 is 0.650 bits per heavy atom. The monoisotopic (exact) mass is 568 g/mol. The lowest BCUT2D eigenvalue weighted by atomic mass is 9.94. The zero-order valence-electron chi connectivity index (χ0n) is 25.2. The molecule has 12 heteroatoms. The summed E-state index contributed by atoms with van der Waals surface area (Å²) in [7, 11) is 0. The van der Waals surface area contributed by atoms with Crippen LogP contribution in [0.5, 0.6) is 0 Å². The van der Waals surface area contributed by atoms with E-state index in [4.69, 9.17) is 30.4 Å². The van der Waals surface area contributed by atoms with Crippen LogP contribution in [-0.4, -0.2) is 94.6 Å². The van der Waals surface area contributed by atoms with Gasteiger partial charge in [0.1, 0.15) is 23.3 Å². The van der Waals surface area contributed by atoms with Crippen molar-refractivity contribution < 1.29 is 38.1 Å². The number of nitrogens with zero attached hydrogens (tertiary/aromatic N) is 2. The zero-order valence-corrected chi connectivity index (χ0v) is 25.2. The van der Waals surface area contributed by atoms with E-state index in [0.717, 1.165) is 25.7 Å². The van der Waals surface area contributed by atoms with Crippen LogP contribution in [0.4, 0.5) is 9.59 Å². The molecule has 4 bridgehead atoms. The van der Waals surface area contributed by atoms with Crippen LogP contribution in [-0.2, 0) is 28.5 Å². The fourth-order valence-electron chi connectivity index (χ4n) is 6.38. The lowest BCUT2D eigenvalue weighted by molar-refractivity contribution is -0.152. The van der Waals surface area contributed by atoms with Gasteiger partial charge in [-0.25, -0.2) is 19.2 Å². The Labute approximate surface area is 237 Å². The normalized spacial score (nSPS) is 32.4. The third-order valence-electron chi connectivity index (χ3n) is 7.74. The van der Waals surface area contributed by atoms with Gasteiger partial charge in [0.25, 0.3) is 0 Å². The number of amides is 2. The van der Waals surface area contributed by atoms with E-state index in [1.54, 1.807) is 13.8 Å². The van der Waals surface area contributed by atoms with Gasteiger partial charge in [0.05, 0.1) is 13.2 Å². The van der Waals surface area contributed by atoms with Crippen LogP contribution in [0.25, 0.3) is 0 Å². The number of rotatable bonds is 4. The highest BCUT2D eigenvalue weighted by atomic mass is 16.6. The lowest BCUT2D eigenvalue weighted by Gasteiger charge is -2.37. The number of likely N-dealkylation sites (tertiary alicyclic amines) is 2. The van der Waals surface area contributed by atoms with Gasteiger partial charge < -0.3 is 30.4 Å². The second kappa shape index (κ2) is 12.1. The molecule has 0 aromatic carbocycles. The second-order valence-corrected chi connectivity index (χ2v) is 13.1. The van der Waals surface area contributed by atoms with Crippen molar-refractivity contribution >= 4 is 24.1 Å². The van der Waals surface area contributed by atoms with Gasteiger partial charge in [-0.1, -0.05) is 0 Å². The summed E-state index contributed by atoms with van der Waals surface area (Å²) in [5.74, 6) is -0.792. The molecule has 4 N–H and O–H groups in total. The van der Waals surface area contributed by atoms with E-state index in [0.29, 0.717) is 13.2 Å². The number of hydrogen-bond acceptors (Lipinski definition) is 10. The highest BCUT2D eigenvalue weighted by Gasteiger charge is 2.57. The fourth-order valence-corrected chi connectivity index (χ4v) is 6.38. The maximum absolute atomic E-state index is 12.3. The van der Waals surface area contributed by atoms with Crippen LogP contribution in [0.3, 0.4) is 0 Å². The van der Waals surface area contributed by atoms with Crippen LogP contribution >= 0.6 is 0 Å². The van der Waals surface area contributed by atoms with Crippen LogP contribution in [0.15, 0.2) is 0 Å². The molecule has 0 aromatic rings. The molecule has 228 valence electrons. The highest BCUT2D eigenvalue weighted by molar-refractivity contribution is 5.84. The fraction of sp³-hybridized carbons (Fsp3) is 0.857. The molecule has 0 unspecified atom stereocenters. The third kappa shape index (κ3) is 6.99. The highest BCUT2D eigenvalue weighted by Crippen LogP contribution is 2.44. The molecule has 4 rings (SSSR count). The smallest absolute Gasteiger partial charge is 0.411 e. The molecule has 0 spiro atoms. The molecule has 40 heavy (non-hydrogen) atoms. The first kappa shape index (κ1) is 31.9. The van der Waals surface area contributed by atoms with Gasteiger partial charge in [-0.2, -0.15) is 0 Å². The molecule has 8 atom stereocenters. The summed E-state index contributed by atoms with van der Waals surface area (Å²) in [5, 5.41) is 0. The number of fused-ring (bicyclic) bond motifs is 4. The maximum atomic E-state index is 12.3. The van der Waals surface area contributed by atoms with E-state index >= 15 is 0 Å². The van der Waals surface area contributed by atoms with E-state index in [1.165, 1.54) is 9.80 Å². The second-order valence-electron chi connectivity index (χ2n) is 13.1. The minimum Gasteiger partial charge on any atom is -0.464 e. The summed E-state index contributed by atoms with van der Waals surface area (Å²) >= 11 is 0. The molecule has 2 aliphatic carbocycles. The summed E-state index contributed by atoms with van der Waals surface area (Å²) in [4.78, 5) is 52.0. The zero-order chi connectivity index (χ0) is 30.2. The Balaban J connectivity index is 0.000000220. The Morgan fingerprint density at radius 2 is 0.975 bits per heavy atom. The number of piperidine rings is 2. The van der Waals surface area contributed by atoms with Gasteiger partial charge >= 0.3 is 24.1 Å². The standard InChI is InChI=1S/2C14H24N2O4/c2*1-5-19-12(17)11-9-6-8(7-10(9)15)16(11)13(18)20-14(2,3)4/h2*8-11H,5-7,15H2,1-4H3/t2*8-,9+,10-,11-/m10/s1. The molecule has 0 radical (unpaired) electrons. The van der Waals surface area contributed by atoms with Gasteiger partial charge in [-0.15, -0.1) is 0 Å². The Bertz CT molecular complexity index is 885. The van der Waals surface area contributed by atoms with Crippen molar-refractivity contribution in [3.63, 3.8) is 0 Å². The summed E-state index contributed by atoms with van der Waals surface area (Å²) in [6, 6.07) is -1.32. The first-order valence-electron chi connectivity index (χ1n) is 14.4. The van der Waals surface area contributed by atoms with Crippen molar-refractivity contribution in [2.45, 2.75) is 129 Å². The topological polar surface area (TPSA) is 164 Å². The number of hydrogen-bond donors (Lipinski definition) is 2. The molecular weight excluding hydrogens is 520 g/mol. The molecule has 2 saturated carbocycles. The van der Waals surface area contributed by atoms with Crippen LogP contribution < -0.4 is 11.5 Å². The van der Waals surface area contributed by atoms with Crippen molar-refractivity contribution in [3.05, 3.63) is 0 Å². The van der Waals surface area contributed by atoms with Crippen LogP contribution in [0, 0.1) is 11.8 Å². The van der Waals surface area contributed by atoms with Gasteiger partial charge in [-0.3, -0.25) is 9.80 Å². The Kier molecular flexibility index (Phi) is 9.66. The average Bonchev–Trinajstić information content (AvgIpc) is 3.55. The Hall–Kier alpha value is -2.60. The minimum atomic E-state index is -0.599. The number of nitrogens with two attached hydrogens (primary N) is 2. The summed E-state index contributed by atoms with van der Waals surface area (Å²) in [5.41, 5.74) is 10.9. The first-order chi connectivity index (χ1) is 18.5. The van der Waals surface area contributed by atoms with E-state index in [1.807, 2.05) is 41.5 Å². The quantitative estimate of drug-likeness (QED) is 0.380. The van der Waals surface area contributed by atoms with Crippen molar-refractivity contribution in [2.24, 2.45) is 23.3 Å². The molecule has 2 amide bonds. The molecule has 4 fully saturated rings. The molecule has 0 aromatic heterocycles. The number of ether oxygens (including phenoxy) is 4. The average molecular weight is 569 g/mol. The van der Waals surface area contributed by atoms with Crippen molar-refractivity contribution in [1.82, 2.24) is 9.80 Å². The SMILES string of the molecule is CCOC(=O)[C@@H]1[C@@H]2C[C@@H](C[C@@H]2N)N1C(=O)OC(C)(C)C.CCOC(=O)[C@H]1[C@H]2C[C@H](C[C@H]2N)N1C(=O)OC(C)(C)C. The van der Waals surface area contributed by atoms with Crippen molar-refractivity contribution in [2.75, 3.05) is 13.2 Å². The van der Waals surface area contributed by atoms with Crippen LogP contribution in [0.2, 0.25) is 0 Å². The predicted molar refractivity (Wildman–Crippen MR) is 146 cm³/mol. The Morgan fingerprint density at radius 3 is 1.25 bits per heavy atom. The van der Waals surface area contributed by atoms with Crippen molar-refractivity contribution in [3.8, 4) is 0 Å². The van der Waals surface area contributed by atoms with E-state index in [2.05, 4.69) is 0 Å². The van der Waals surface area contributed by atoms with Gasteiger partial charge in [-0.05, 0) is 81.1 Å². The molecule has 2 saturated heterocycles. The maximum Gasteiger partial charge on any atom is 0.411 e. The van der Waals surface area contributed by atoms with Crippen LogP contribution in [0.1, 0.15) is 81.1 Å². The van der Waals surface area contributed by atoms with Crippen molar-refractivity contribution in [1.29, 1.82) is 0 Å². The third-order valence-corrected chi connectivity index (χ3v) is 7.74. The molecule has 2 heterocycles. The molecule has 2 aliphatic heterocycles. The summed E-state index contributed by atoms with van der Waals surface area (Å²) in [6.45, 7) is 15.0. The number of carbonyl (C=O) groups excluding carboxylic acids is 4. The van der Waals surface area contributed by atoms with Gasteiger partial charge in [0, 0.05) is 36.0 Å². The predicted octanol–water partition coefficient (Wildman–Crippen LogP) is 2.55. The van der Waals surface area contributed by atoms with E-state index in [9.17, 15) is 19.2 Å². The summed E-state index contributed by atoms with van der Waals surface area (Å²) < 4.78 is 21.0. The first-order valence-corrected chi connectivity index (χ1v) is 14.4. The summed E-state index contributed by atoms with van der Waals surface area (Å²) in [6.07, 6.45) is 2.05.